The lowest BCUT2D eigenvalue weighted by atomic mass is 9.83. The maximum absolute atomic E-state index is 14.2. The maximum Gasteiger partial charge on any atom is 0.243 e. The van der Waals surface area contributed by atoms with Crippen molar-refractivity contribution in [3.05, 3.63) is 0 Å². The summed E-state index contributed by atoms with van der Waals surface area (Å²) in [5.41, 5.74) is 16.4. The van der Waals surface area contributed by atoms with Crippen molar-refractivity contribution in [2.45, 2.75) is 149 Å². The minimum absolute atomic E-state index is 0.0483. The zero-order valence-electron chi connectivity index (χ0n) is 33.5. The predicted octanol–water partition coefficient (Wildman–Crippen LogP) is 2.30. The van der Waals surface area contributed by atoms with E-state index in [1.54, 1.807) is 20.9 Å². The number of nitrogens with one attached hydrogen (secondary N) is 3. The number of primary amides is 1. The van der Waals surface area contributed by atoms with Crippen LogP contribution in [0.2, 0.25) is 0 Å². The molecule has 5 amide bonds. The van der Waals surface area contributed by atoms with Crippen molar-refractivity contribution in [3.63, 3.8) is 0 Å². The molecule has 8 atom stereocenters. The smallest absolute Gasteiger partial charge is 0.243 e. The average Bonchev–Trinajstić information content (AvgIpc) is 3.13. The van der Waals surface area contributed by atoms with Crippen LogP contribution in [0.3, 0.4) is 0 Å². The summed E-state index contributed by atoms with van der Waals surface area (Å²) in [5.74, 6) is -3.48. The predicted molar refractivity (Wildman–Crippen MR) is 204 cm³/mol. The van der Waals surface area contributed by atoms with Gasteiger partial charge in [-0.05, 0) is 44.4 Å². The molecule has 53 heavy (non-hydrogen) atoms. The molecule has 0 aromatic carbocycles. The van der Waals surface area contributed by atoms with Crippen LogP contribution in [-0.2, 0) is 33.4 Å². The lowest BCUT2D eigenvalue weighted by Crippen LogP contribution is -2.60. The third kappa shape index (κ3) is 17.9. The first-order chi connectivity index (χ1) is 25.1. The number of nitrogens with zero attached hydrogens (tertiary/aromatic N) is 1. The Morgan fingerprint density at radius 1 is 0.830 bits per heavy atom. The molecule has 0 radical (unpaired) electrons. The summed E-state index contributed by atoms with van der Waals surface area (Å²) >= 11 is 0. The van der Waals surface area contributed by atoms with E-state index in [0.29, 0.717) is 12.8 Å². The molecule has 0 spiro atoms. The second-order valence-corrected chi connectivity index (χ2v) is 15.4. The summed E-state index contributed by atoms with van der Waals surface area (Å²) < 4.78 is 25.0. The van der Waals surface area contributed by atoms with Crippen LogP contribution in [0.15, 0.2) is 0 Å². The van der Waals surface area contributed by atoms with Crippen molar-refractivity contribution < 1.29 is 37.8 Å². The van der Waals surface area contributed by atoms with Gasteiger partial charge in [0.1, 0.15) is 24.3 Å². The van der Waals surface area contributed by atoms with Gasteiger partial charge < -0.3 is 47.5 Å². The van der Waals surface area contributed by atoms with E-state index in [1.807, 2.05) is 20.8 Å². The van der Waals surface area contributed by atoms with Gasteiger partial charge in [-0.25, -0.2) is 4.39 Å². The van der Waals surface area contributed by atoms with Crippen molar-refractivity contribution in [2.75, 3.05) is 40.0 Å². The largest absolute Gasteiger partial charge is 0.378 e. The van der Waals surface area contributed by atoms with Crippen LogP contribution in [-0.4, -0.2) is 111 Å². The number of hydrogen-bond acceptors (Lipinski definition) is 9. The molecule has 1 saturated carbocycles. The number of carbonyl (C=O) groups excluding carboxylic acids is 5. The number of nitrogens with two attached hydrogens (primary N) is 3. The quantitative estimate of drug-likeness (QED) is 0.0676. The van der Waals surface area contributed by atoms with Crippen LogP contribution in [0.25, 0.3) is 0 Å². The SMILES string of the molecule is CCCCCC[C@@H](OC[C@@H](C)NC(=O)[C@@H](C)COC[C@@H](F)CN)[C@@H](C)C(=O)N(C)[C@@H](CC(C)C)C(=O)N[C@H](C(=O)N[C@@H](CN)C(N)=O)C1CCCCC1. The Kier molecular flexibility index (Phi) is 23.6. The summed E-state index contributed by atoms with van der Waals surface area (Å²) in [6, 6.07) is -3.23. The first kappa shape index (κ1) is 48.1. The molecule has 1 fully saturated rings. The van der Waals surface area contributed by atoms with Crippen LogP contribution in [0, 0.1) is 23.7 Å². The van der Waals surface area contributed by atoms with Crippen LogP contribution in [0.5, 0.6) is 0 Å². The van der Waals surface area contributed by atoms with Crippen molar-refractivity contribution in [1.82, 2.24) is 20.9 Å². The van der Waals surface area contributed by atoms with Crippen LogP contribution >= 0.6 is 0 Å². The van der Waals surface area contributed by atoms with E-state index in [9.17, 15) is 28.4 Å². The maximum atomic E-state index is 14.2. The number of likely N-dealkylation sites (N-methyl/N-ethyl adjacent to an activating group) is 1. The van der Waals surface area contributed by atoms with Gasteiger partial charge in [-0.1, -0.05) is 79.6 Å². The van der Waals surface area contributed by atoms with E-state index in [0.717, 1.165) is 57.8 Å². The van der Waals surface area contributed by atoms with Gasteiger partial charge in [0.15, 0.2) is 0 Å². The Morgan fingerprint density at radius 3 is 2.06 bits per heavy atom. The Bertz CT molecular complexity index is 1110. The first-order valence-electron chi connectivity index (χ1n) is 19.8. The lowest BCUT2D eigenvalue weighted by Gasteiger charge is -2.36. The molecule has 0 aliphatic heterocycles. The standard InChI is InChI=1S/C38H72FN7O7/c1-8-9-10-14-17-32(53-22-26(5)43-35(48)25(4)21-52-23-29(39)19-40)27(6)38(51)46(7)31(18-24(2)3)36(49)45-33(28-15-12-11-13-16-28)37(50)44-30(20-41)34(42)47/h24-33H,8-23,40-41H2,1-7H3,(H2,42,47)(H,43,48)(H,44,50)(H,45,49)/t25-,26+,27+,29-,30-,31-,32+,33-/m0/s1. The van der Waals surface area contributed by atoms with E-state index in [-0.39, 0.29) is 62.6 Å². The molecule has 9 N–H and O–H groups in total. The molecule has 0 heterocycles. The van der Waals surface area contributed by atoms with Gasteiger partial charge in [0, 0.05) is 26.2 Å². The van der Waals surface area contributed by atoms with Gasteiger partial charge in [0.05, 0.1) is 37.8 Å². The average molecular weight is 758 g/mol. The number of halogens is 1. The van der Waals surface area contributed by atoms with Crippen LogP contribution < -0.4 is 33.2 Å². The molecule has 0 unspecified atom stereocenters. The summed E-state index contributed by atoms with van der Waals surface area (Å²) in [5, 5.41) is 8.49. The fraction of sp³-hybridized carbons (Fsp3) is 0.868. The molecule has 0 saturated heterocycles. The van der Waals surface area contributed by atoms with Crippen LogP contribution in [0.4, 0.5) is 4.39 Å². The third-order valence-corrected chi connectivity index (χ3v) is 10.0. The Morgan fingerprint density at radius 2 is 1.49 bits per heavy atom. The highest BCUT2D eigenvalue weighted by molar-refractivity contribution is 5.94. The Labute approximate surface area is 317 Å². The van der Waals surface area contributed by atoms with Crippen molar-refractivity contribution in [1.29, 1.82) is 0 Å². The molecule has 0 aromatic rings. The molecule has 0 bridgehead atoms. The third-order valence-electron chi connectivity index (χ3n) is 10.0. The summed E-state index contributed by atoms with van der Waals surface area (Å²) in [4.78, 5) is 67.9. The Hall–Kier alpha value is -2.88. The molecule has 1 rings (SSSR count). The molecular weight excluding hydrogens is 685 g/mol. The van der Waals surface area contributed by atoms with Gasteiger partial charge in [0.25, 0.3) is 0 Å². The normalized spacial score (nSPS) is 18.2. The number of unbranched alkanes of at least 4 members (excludes halogenated alkanes) is 3. The first-order valence-corrected chi connectivity index (χ1v) is 19.8. The lowest BCUT2D eigenvalue weighted by molar-refractivity contribution is -0.147. The van der Waals surface area contributed by atoms with E-state index in [2.05, 4.69) is 22.9 Å². The van der Waals surface area contributed by atoms with E-state index < -0.39 is 60.0 Å². The summed E-state index contributed by atoms with van der Waals surface area (Å²) in [6.45, 7) is 11.1. The number of hydrogen-bond donors (Lipinski definition) is 6. The number of rotatable bonds is 27. The van der Waals surface area contributed by atoms with Gasteiger partial charge in [-0.2, -0.15) is 0 Å². The van der Waals surface area contributed by atoms with Gasteiger partial charge in [-0.3, -0.25) is 24.0 Å². The van der Waals surface area contributed by atoms with Gasteiger partial charge in [0.2, 0.25) is 29.5 Å². The van der Waals surface area contributed by atoms with Crippen molar-refractivity contribution >= 4 is 29.5 Å². The highest BCUT2D eigenvalue weighted by atomic mass is 19.1. The number of carbonyl (C=O) groups is 5. The van der Waals surface area contributed by atoms with E-state index in [1.165, 1.54) is 4.90 Å². The van der Waals surface area contributed by atoms with E-state index >= 15 is 0 Å². The van der Waals surface area contributed by atoms with Crippen molar-refractivity contribution in [2.24, 2.45) is 40.9 Å². The summed E-state index contributed by atoms with van der Waals surface area (Å²) in [6.07, 6.45) is 7.47. The second kappa shape index (κ2) is 26.0. The Balaban J connectivity index is 3.13. The zero-order chi connectivity index (χ0) is 40.1. The highest BCUT2D eigenvalue weighted by Crippen LogP contribution is 2.28. The second-order valence-electron chi connectivity index (χ2n) is 15.4. The monoisotopic (exact) mass is 758 g/mol. The topological polar surface area (TPSA) is 221 Å². The summed E-state index contributed by atoms with van der Waals surface area (Å²) in [7, 11) is 1.61. The minimum atomic E-state index is -1.28. The number of ether oxygens (including phenoxy) is 2. The van der Waals surface area contributed by atoms with E-state index in [4.69, 9.17) is 26.7 Å². The van der Waals surface area contributed by atoms with Gasteiger partial charge >= 0.3 is 0 Å². The molecule has 15 heteroatoms. The van der Waals surface area contributed by atoms with Gasteiger partial charge in [-0.15, -0.1) is 0 Å². The molecule has 1 aliphatic rings. The van der Waals surface area contributed by atoms with Crippen molar-refractivity contribution in [3.8, 4) is 0 Å². The fourth-order valence-corrected chi connectivity index (χ4v) is 6.60. The molecule has 14 nitrogen and oxygen atoms in total. The molecule has 0 aromatic heterocycles. The fourth-order valence-electron chi connectivity index (χ4n) is 6.60. The van der Waals surface area contributed by atoms with Crippen LogP contribution in [0.1, 0.15) is 112 Å². The number of alkyl halides is 1. The zero-order valence-corrected chi connectivity index (χ0v) is 33.5. The highest BCUT2D eigenvalue weighted by Gasteiger charge is 2.38. The molecule has 308 valence electrons. The minimum Gasteiger partial charge on any atom is -0.378 e. The molecular formula is C38H72FN7O7. The number of amides is 5. The molecule has 1 aliphatic carbocycles.